The van der Waals surface area contributed by atoms with Gasteiger partial charge in [0.15, 0.2) is 10.9 Å². The summed E-state index contributed by atoms with van der Waals surface area (Å²) in [5, 5.41) is 10.1. The molecule has 0 saturated heterocycles. The van der Waals surface area contributed by atoms with E-state index in [1.165, 1.54) is 31.7 Å². The quantitative estimate of drug-likeness (QED) is 0.594. The summed E-state index contributed by atoms with van der Waals surface area (Å²) < 4.78 is 0. The van der Waals surface area contributed by atoms with Crippen LogP contribution in [0.2, 0.25) is 10.2 Å². The Kier molecular flexibility index (Phi) is 3.93. The Bertz CT molecular complexity index is 374. The number of nitrogens with zero attached hydrogens (tertiary/aromatic N) is 1. The molecule has 1 heterocycles. The van der Waals surface area contributed by atoms with Crippen molar-refractivity contribution in [3.63, 3.8) is 0 Å². The summed E-state index contributed by atoms with van der Waals surface area (Å²) in [5.74, 6) is 0.358. The van der Waals surface area contributed by atoms with Gasteiger partial charge in [0.25, 0.3) is 0 Å². The highest BCUT2D eigenvalue weighted by atomic mass is 35.5. The van der Waals surface area contributed by atoms with E-state index in [0.29, 0.717) is 10.9 Å². The normalized spacial score (nSPS) is 18.4. The average Bonchev–Trinajstić information content (AvgIpc) is 2.52. The second-order valence-electron chi connectivity index (χ2n) is 4.35. The van der Waals surface area contributed by atoms with E-state index in [2.05, 4.69) is 4.98 Å². The van der Waals surface area contributed by atoms with Crippen LogP contribution in [0.15, 0.2) is 6.07 Å². The Labute approximate surface area is 106 Å². The molecule has 16 heavy (non-hydrogen) atoms. The van der Waals surface area contributed by atoms with E-state index in [9.17, 15) is 5.11 Å². The van der Waals surface area contributed by atoms with Gasteiger partial charge in [0.2, 0.25) is 0 Å². The first-order valence-corrected chi connectivity index (χ1v) is 6.49. The van der Waals surface area contributed by atoms with Crippen LogP contribution in [0, 0.1) is 0 Å². The van der Waals surface area contributed by atoms with Gasteiger partial charge in [0.05, 0.1) is 10.7 Å². The fourth-order valence-electron chi connectivity index (χ4n) is 2.31. The zero-order chi connectivity index (χ0) is 11.5. The molecule has 0 aliphatic heterocycles. The van der Waals surface area contributed by atoms with Gasteiger partial charge in [-0.15, -0.1) is 0 Å². The van der Waals surface area contributed by atoms with Crippen molar-refractivity contribution in [3.05, 3.63) is 21.9 Å². The van der Waals surface area contributed by atoms with Crippen molar-refractivity contribution in [2.24, 2.45) is 0 Å². The lowest BCUT2D eigenvalue weighted by Gasteiger charge is -2.15. The third-order valence-corrected chi connectivity index (χ3v) is 3.76. The fourth-order valence-corrected chi connectivity index (χ4v) is 2.75. The van der Waals surface area contributed by atoms with Gasteiger partial charge >= 0.3 is 0 Å². The van der Waals surface area contributed by atoms with Crippen LogP contribution in [0.5, 0.6) is 5.75 Å². The van der Waals surface area contributed by atoms with Gasteiger partial charge in [-0.2, -0.15) is 0 Å². The second-order valence-corrected chi connectivity index (χ2v) is 5.12. The smallest absolute Gasteiger partial charge is 0.171 e. The summed E-state index contributed by atoms with van der Waals surface area (Å²) in [6.45, 7) is 0. The maximum absolute atomic E-state index is 9.40. The number of pyridine rings is 1. The molecule has 1 aliphatic carbocycles. The lowest BCUT2D eigenvalue weighted by molar-refractivity contribution is 0.471. The molecule has 0 unspecified atom stereocenters. The Morgan fingerprint density at radius 2 is 1.75 bits per heavy atom. The SMILES string of the molecule is Oc1cc(Cl)c(C2CCCCCC2)nc1Cl. The average molecular weight is 260 g/mol. The summed E-state index contributed by atoms with van der Waals surface area (Å²) in [6.07, 6.45) is 7.27. The van der Waals surface area contributed by atoms with Crippen molar-refractivity contribution < 1.29 is 5.11 Å². The van der Waals surface area contributed by atoms with Gasteiger partial charge < -0.3 is 5.11 Å². The molecule has 0 aromatic carbocycles. The molecule has 0 bridgehead atoms. The van der Waals surface area contributed by atoms with Gasteiger partial charge in [-0.25, -0.2) is 4.98 Å². The largest absolute Gasteiger partial charge is 0.505 e. The number of halogens is 2. The van der Waals surface area contributed by atoms with Crippen molar-refractivity contribution >= 4 is 23.2 Å². The van der Waals surface area contributed by atoms with Crippen LogP contribution in [-0.2, 0) is 0 Å². The van der Waals surface area contributed by atoms with Crippen LogP contribution in [0.4, 0.5) is 0 Å². The molecule has 0 spiro atoms. The van der Waals surface area contributed by atoms with Crippen molar-refractivity contribution in [1.29, 1.82) is 0 Å². The molecule has 2 nitrogen and oxygen atoms in total. The van der Waals surface area contributed by atoms with Gasteiger partial charge in [0, 0.05) is 12.0 Å². The highest BCUT2D eigenvalue weighted by Gasteiger charge is 2.20. The Balaban J connectivity index is 2.27. The van der Waals surface area contributed by atoms with Crippen LogP contribution in [0.3, 0.4) is 0 Å². The summed E-state index contributed by atoms with van der Waals surface area (Å²) in [5.41, 5.74) is 0.853. The maximum atomic E-state index is 9.40. The molecule has 1 fully saturated rings. The van der Waals surface area contributed by atoms with E-state index in [4.69, 9.17) is 23.2 Å². The number of aromatic hydroxyl groups is 1. The highest BCUT2D eigenvalue weighted by Crippen LogP contribution is 2.37. The monoisotopic (exact) mass is 259 g/mol. The molecule has 0 radical (unpaired) electrons. The van der Waals surface area contributed by atoms with Gasteiger partial charge in [-0.05, 0) is 12.8 Å². The van der Waals surface area contributed by atoms with E-state index in [-0.39, 0.29) is 10.9 Å². The highest BCUT2D eigenvalue weighted by molar-refractivity contribution is 6.33. The molecule has 0 atom stereocenters. The molecule has 0 amide bonds. The minimum atomic E-state index is -0.0379. The zero-order valence-electron chi connectivity index (χ0n) is 9.05. The van der Waals surface area contributed by atoms with Crippen molar-refractivity contribution in [1.82, 2.24) is 4.98 Å². The van der Waals surface area contributed by atoms with Crippen LogP contribution < -0.4 is 0 Å². The van der Waals surface area contributed by atoms with Crippen LogP contribution in [0.25, 0.3) is 0 Å². The number of aromatic nitrogens is 1. The molecule has 1 saturated carbocycles. The molecular formula is C12H15Cl2NO. The Hall–Kier alpha value is -0.470. The van der Waals surface area contributed by atoms with E-state index in [1.54, 1.807) is 0 Å². The van der Waals surface area contributed by atoms with Crippen molar-refractivity contribution in [2.45, 2.75) is 44.4 Å². The molecule has 1 aliphatic rings. The van der Waals surface area contributed by atoms with Crippen LogP contribution in [-0.4, -0.2) is 10.1 Å². The standard InChI is InChI=1S/C12H15Cl2NO/c13-9-7-10(16)12(14)15-11(9)8-5-3-1-2-4-6-8/h7-8,16H,1-6H2. The van der Waals surface area contributed by atoms with Crippen LogP contribution in [0.1, 0.15) is 50.1 Å². The minimum absolute atomic E-state index is 0.0379. The predicted octanol–water partition coefficient (Wildman–Crippen LogP) is 4.53. The Morgan fingerprint density at radius 3 is 2.38 bits per heavy atom. The first-order valence-electron chi connectivity index (χ1n) is 5.73. The topological polar surface area (TPSA) is 33.1 Å². The van der Waals surface area contributed by atoms with E-state index in [0.717, 1.165) is 18.5 Å². The number of hydrogen-bond donors (Lipinski definition) is 1. The fraction of sp³-hybridized carbons (Fsp3) is 0.583. The van der Waals surface area contributed by atoms with Crippen molar-refractivity contribution in [3.8, 4) is 5.75 Å². The van der Waals surface area contributed by atoms with Crippen LogP contribution >= 0.6 is 23.2 Å². The Morgan fingerprint density at radius 1 is 1.12 bits per heavy atom. The van der Waals surface area contributed by atoms with E-state index in [1.807, 2.05) is 0 Å². The molecule has 4 heteroatoms. The predicted molar refractivity (Wildman–Crippen MR) is 66.4 cm³/mol. The van der Waals surface area contributed by atoms with Gasteiger partial charge in [0.1, 0.15) is 0 Å². The van der Waals surface area contributed by atoms with Gasteiger partial charge in [-0.3, -0.25) is 0 Å². The molecule has 1 N–H and O–H groups in total. The zero-order valence-corrected chi connectivity index (χ0v) is 10.6. The minimum Gasteiger partial charge on any atom is -0.505 e. The number of hydrogen-bond acceptors (Lipinski definition) is 2. The van der Waals surface area contributed by atoms with E-state index < -0.39 is 0 Å². The molecule has 88 valence electrons. The van der Waals surface area contributed by atoms with E-state index >= 15 is 0 Å². The molecule has 1 aromatic rings. The maximum Gasteiger partial charge on any atom is 0.171 e. The summed E-state index contributed by atoms with van der Waals surface area (Å²) in [6, 6.07) is 1.50. The lowest BCUT2D eigenvalue weighted by atomic mass is 9.96. The van der Waals surface area contributed by atoms with Gasteiger partial charge in [-0.1, -0.05) is 48.9 Å². The first-order chi connectivity index (χ1) is 7.68. The molecular weight excluding hydrogens is 245 g/mol. The second kappa shape index (κ2) is 5.24. The first kappa shape index (κ1) is 12.0. The summed E-state index contributed by atoms with van der Waals surface area (Å²) in [4.78, 5) is 4.22. The molecule has 1 aromatic heterocycles. The third-order valence-electron chi connectivity index (χ3n) is 3.18. The third kappa shape index (κ3) is 2.61. The summed E-state index contributed by atoms with van der Waals surface area (Å²) in [7, 11) is 0. The summed E-state index contributed by atoms with van der Waals surface area (Å²) >= 11 is 11.9. The lowest BCUT2D eigenvalue weighted by Crippen LogP contribution is -2.01. The van der Waals surface area contributed by atoms with Crippen molar-refractivity contribution in [2.75, 3.05) is 0 Å². The number of rotatable bonds is 1. The molecule has 2 rings (SSSR count).